The summed E-state index contributed by atoms with van der Waals surface area (Å²) >= 11 is 0. The Balaban J connectivity index is 1.39. The van der Waals surface area contributed by atoms with Crippen LogP contribution in [0.3, 0.4) is 0 Å². The van der Waals surface area contributed by atoms with E-state index in [1.54, 1.807) is 17.2 Å². The lowest BCUT2D eigenvalue weighted by atomic mass is 10.2. The monoisotopic (exact) mass is 269 g/mol. The van der Waals surface area contributed by atoms with E-state index in [1.165, 1.54) is 38.0 Å². The van der Waals surface area contributed by atoms with E-state index in [0.717, 1.165) is 11.7 Å². The van der Waals surface area contributed by atoms with Gasteiger partial charge in [-0.15, -0.1) is 0 Å². The van der Waals surface area contributed by atoms with Crippen LogP contribution < -0.4 is 5.32 Å². The van der Waals surface area contributed by atoms with Gasteiger partial charge in [-0.25, -0.2) is 0 Å². The number of likely N-dealkylation sites (tertiary alicyclic amines) is 1. The van der Waals surface area contributed by atoms with E-state index in [1.807, 2.05) is 0 Å². The molecular formula is C15H19N5. The van der Waals surface area contributed by atoms with Crippen molar-refractivity contribution in [3.8, 4) is 5.69 Å². The highest BCUT2D eigenvalue weighted by Gasteiger charge is 2.34. The first-order chi connectivity index (χ1) is 9.88. The number of nitrogens with one attached hydrogen (secondary N) is 1. The minimum Gasteiger partial charge on any atom is -0.381 e. The van der Waals surface area contributed by atoms with Gasteiger partial charge >= 0.3 is 0 Å². The molecule has 2 aromatic rings. The van der Waals surface area contributed by atoms with Crippen LogP contribution in [0.1, 0.15) is 19.3 Å². The van der Waals surface area contributed by atoms with E-state index in [4.69, 9.17) is 0 Å². The molecule has 20 heavy (non-hydrogen) atoms. The lowest BCUT2D eigenvalue weighted by Gasteiger charge is -2.16. The van der Waals surface area contributed by atoms with Gasteiger partial charge in [-0.3, -0.25) is 4.90 Å². The van der Waals surface area contributed by atoms with Crippen LogP contribution in [0.25, 0.3) is 5.69 Å². The maximum atomic E-state index is 4.13. The first-order valence-electron chi connectivity index (χ1n) is 7.36. The Morgan fingerprint density at radius 1 is 1.00 bits per heavy atom. The number of hydrogen-bond acceptors (Lipinski definition) is 4. The summed E-state index contributed by atoms with van der Waals surface area (Å²) in [6, 6.07) is 9.79. The molecule has 2 heterocycles. The highest BCUT2D eigenvalue weighted by molar-refractivity contribution is 5.49. The summed E-state index contributed by atoms with van der Waals surface area (Å²) < 4.78 is 0. The third kappa shape index (κ3) is 2.41. The fourth-order valence-electron chi connectivity index (χ4n) is 2.95. The Bertz CT molecular complexity index is 558. The molecule has 0 spiro atoms. The predicted octanol–water partition coefficient (Wildman–Crippen LogP) is 1.92. The molecule has 4 rings (SSSR count). The van der Waals surface area contributed by atoms with Gasteiger partial charge in [0.05, 0.1) is 18.1 Å². The van der Waals surface area contributed by atoms with Crippen molar-refractivity contribution in [2.45, 2.75) is 31.3 Å². The number of anilines is 1. The molecule has 2 fully saturated rings. The number of aromatic nitrogens is 3. The van der Waals surface area contributed by atoms with Crippen LogP contribution in [-0.4, -0.2) is 45.1 Å². The second-order valence-electron chi connectivity index (χ2n) is 5.72. The number of rotatable bonds is 4. The van der Waals surface area contributed by atoms with Crippen molar-refractivity contribution in [2.75, 3.05) is 18.4 Å². The molecule has 1 unspecified atom stereocenters. The van der Waals surface area contributed by atoms with E-state index in [-0.39, 0.29) is 0 Å². The van der Waals surface area contributed by atoms with Gasteiger partial charge in [0, 0.05) is 30.9 Å². The van der Waals surface area contributed by atoms with E-state index >= 15 is 0 Å². The zero-order chi connectivity index (χ0) is 13.4. The Morgan fingerprint density at radius 2 is 1.75 bits per heavy atom. The highest BCUT2D eigenvalue weighted by atomic mass is 15.5. The molecule has 1 aliphatic heterocycles. The summed E-state index contributed by atoms with van der Waals surface area (Å²) in [6.07, 6.45) is 7.43. The predicted molar refractivity (Wildman–Crippen MR) is 78.0 cm³/mol. The van der Waals surface area contributed by atoms with Gasteiger partial charge in [0.15, 0.2) is 0 Å². The van der Waals surface area contributed by atoms with Crippen LogP contribution in [0.4, 0.5) is 5.69 Å². The Kier molecular flexibility index (Phi) is 2.92. The second kappa shape index (κ2) is 4.90. The van der Waals surface area contributed by atoms with Crippen LogP contribution >= 0.6 is 0 Å². The van der Waals surface area contributed by atoms with Crippen molar-refractivity contribution in [1.82, 2.24) is 19.9 Å². The Morgan fingerprint density at radius 3 is 2.45 bits per heavy atom. The molecule has 1 atom stereocenters. The molecule has 0 bridgehead atoms. The Hall–Kier alpha value is -1.88. The van der Waals surface area contributed by atoms with E-state index in [0.29, 0.717) is 6.04 Å². The summed E-state index contributed by atoms with van der Waals surface area (Å²) in [5.41, 5.74) is 2.18. The molecule has 104 valence electrons. The fraction of sp³-hybridized carbons (Fsp3) is 0.467. The standard InChI is InChI=1S/C15H19N5/c1-3-15(20-16-8-9-17-20)4-2-12(1)18-13-7-10-19(11-13)14-5-6-14/h1-4,8-9,13-14,18H,5-7,10-11H2. The number of hydrogen-bond donors (Lipinski definition) is 1. The van der Waals surface area contributed by atoms with Crippen molar-refractivity contribution in [1.29, 1.82) is 0 Å². The minimum absolute atomic E-state index is 0.587. The van der Waals surface area contributed by atoms with Crippen molar-refractivity contribution in [3.63, 3.8) is 0 Å². The lowest BCUT2D eigenvalue weighted by Crippen LogP contribution is -2.27. The second-order valence-corrected chi connectivity index (χ2v) is 5.72. The molecule has 0 radical (unpaired) electrons. The third-order valence-corrected chi connectivity index (χ3v) is 4.17. The van der Waals surface area contributed by atoms with Gasteiger partial charge in [0.25, 0.3) is 0 Å². The molecule has 5 nitrogen and oxygen atoms in total. The van der Waals surface area contributed by atoms with Crippen LogP contribution in [0.2, 0.25) is 0 Å². The molecule has 1 saturated heterocycles. The van der Waals surface area contributed by atoms with Crippen LogP contribution in [-0.2, 0) is 0 Å². The van der Waals surface area contributed by atoms with Crippen LogP contribution in [0.5, 0.6) is 0 Å². The van der Waals surface area contributed by atoms with Gasteiger partial charge < -0.3 is 5.32 Å². The van der Waals surface area contributed by atoms with Crippen LogP contribution in [0, 0.1) is 0 Å². The van der Waals surface area contributed by atoms with Gasteiger partial charge in [-0.1, -0.05) is 0 Å². The zero-order valence-corrected chi connectivity index (χ0v) is 11.4. The topological polar surface area (TPSA) is 46.0 Å². The van der Waals surface area contributed by atoms with Gasteiger partial charge in [-0.2, -0.15) is 15.0 Å². The summed E-state index contributed by atoms with van der Waals surface area (Å²) in [4.78, 5) is 4.26. The van der Waals surface area contributed by atoms with Crippen molar-refractivity contribution in [2.24, 2.45) is 0 Å². The fourth-order valence-corrected chi connectivity index (χ4v) is 2.95. The van der Waals surface area contributed by atoms with E-state index < -0.39 is 0 Å². The van der Waals surface area contributed by atoms with Gasteiger partial charge in [-0.05, 0) is 43.5 Å². The summed E-state index contributed by atoms with van der Waals surface area (Å²) in [5, 5.41) is 11.9. The largest absolute Gasteiger partial charge is 0.381 e. The molecular weight excluding hydrogens is 250 g/mol. The smallest absolute Gasteiger partial charge is 0.0858 e. The summed E-state index contributed by atoms with van der Waals surface area (Å²) in [6.45, 7) is 2.44. The first-order valence-corrected chi connectivity index (χ1v) is 7.36. The lowest BCUT2D eigenvalue weighted by molar-refractivity contribution is 0.326. The van der Waals surface area contributed by atoms with Crippen molar-refractivity contribution < 1.29 is 0 Å². The van der Waals surface area contributed by atoms with Gasteiger partial charge in [0.2, 0.25) is 0 Å². The quantitative estimate of drug-likeness (QED) is 0.921. The maximum Gasteiger partial charge on any atom is 0.0858 e. The van der Waals surface area contributed by atoms with Gasteiger partial charge in [0.1, 0.15) is 0 Å². The normalized spacial score (nSPS) is 23.1. The van der Waals surface area contributed by atoms with E-state index in [9.17, 15) is 0 Å². The molecule has 1 aliphatic carbocycles. The average molecular weight is 269 g/mol. The van der Waals surface area contributed by atoms with Crippen LogP contribution in [0.15, 0.2) is 36.7 Å². The summed E-state index contributed by atoms with van der Waals surface area (Å²) in [7, 11) is 0. The Labute approximate surface area is 118 Å². The summed E-state index contributed by atoms with van der Waals surface area (Å²) in [5.74, 6) is 0. The molecule has 1 aromatic heterocycles. The molecule has 2 aliphatic rings. The molecule has 1 saturated carbocycles. The number of nitrogens with zero attached hydrogens (tertiary/aromatic N) is 4. The maximum absolute atomic E-state index is 4.13. The van der Waals surface area contributed by atoms with Crippen molar-refractivity contribution >= 4 is 5.69 Å². The highest BCUT2D eigenvalue weighted by Crippen LogP contribution is 2.30. The SMILES string of the molecule is c1cnn(-c2ccc(NC3CCN(C4CC4)C3)cc2)n1. The molecule has 1 N–H and O–H groups in total. The third-order valence-electron chi connectivity index (χ3n) is 4.17. The zero-order valence-electron chi connectivity index (χ0n) is 11.4. The van der Waals surface area contributed by atoms with E-state index in [2.05, 4.69) is 44.7 Å². The van der Waals surface area contributed by atoms with Crippen molar-refractivity contribution in [3.05, 3.63) is 36.7 Å². The molecule has 5 heteroatoms. The molecule has 1 aromatic carbocycles. The minimum atomic E-state index is 0.587. The number of benzene rings is 1. The molecule has 0 amide bonds. The average Bonchev–Trinajstić information content (AvgIpc) is 3.00. The first kappa shape index (κ1) is 11.9.